The minimum absolute atomic E-state index is 0.300. The lowest BCUT2D eigenvalue weighted by atomic mass is 10.1. The van der Waals surface area contributed by atoms with Crippen molar-refractivity contribution in [1.82, 2.24) is 0 Å². The van der Waals surface area contributed by atoms with E-state index in [9.17, 15) is 8.42 Å². The van der Waals surface area contributed by atoms with Crippen LogP contribution in [0.3, 0.4) is 0 Å². The molecule has 1 aromatic rings. The van der Waals surface area contributed by atoms with E-state index in [1.54, 1.807) is 0 Å². The summed E-state index contributed by atoms with van der Waals surface area (Å²) < 4.78 is 29.9. The zero-order valence-electron chi connectivity index (χ0n) is 7.53. The summed E-state index contributed by atoms with van der Waals surface area (Å²) in [7, 11) is -4.25. The molecule has 0 unspecified atom stereocenters. The Kier molecular flexibility index (Phi) is 3.12. The first-order valence-corrected chi connectivity index (χ1v) is 5.36. The summed E-state index contributed by atoms with van der Waals surface area (Å²) in [5.74, 6) is -2.83. The van der Waals surface area contributed by atoms with Crippen LogP contribution < -0.4 is 0 Å². The highest BCUT2D eigenvalue weighted by Crippen LogP contribution is 2.13. The lowest BCUT2D eigenvalue weighted by molar-refractivity contribution is -0.309. The van der Waals surface area contributed by atoms with Gasteiger partial charge in [-0.25, -0.2) is 0 Å². The molecule has 0 aliphatic rings. The number of benzene rings is 1. The number of aliphatic hydroxyl groups is 3. The van der Waals surface area contributed by atoms with Crippen molar-refractivity contribution in [2.45, 2.75) is 17.3 Å². The molecule has 4 N–H and O–H groups in total. The van der Waals surface area contributed by atoms with Crippen molar-refractivity contribution in [3.63, 3.8) is 0 Å². The van der Waals surface area contributed by atoms with E-state index in [-0.39, 0.29) is 4.90 Å². The summed E-state index contributed by atoms with van der Waals surface area (Å²) >= 11 is 0. The van der Waals surface area contributed by atoms with Crippen LogP contribution in [0, 0.1) is 0 Å². The Bertz CT molecular complexity index is 427. The van der Waals surface area contributed by atoms with Crippen LogP contribution >= 0.6 is 0 Å². The third kappa shape index (κ3) is 3.94. The van der Waals surface area contributed by atoms with Crippen molar-refractivity contribution in [2.75, 3.05) is 0 Å². The summed E-state index contributed by atoms with van der Waals surface area (Å²) in [6.07, 6.45) is -0.460. The number of hydrogen-bond acceptors (Lipinski definition) is 5. The summed E-state index contributed by atoms with van der Waals surface area (Å²) in [6.45, 7) is 0. The third-order valence-corrected chi connectivity index (χ3v) is 2.53. The second-order valence-corrected chi connectivity index (χ2v) is 4.49. The minimum atomic E-state index is -4.25. The fourth-order valence-electron chi connectivity index (χ4n) is 1.05. The van der Waals surface area contributed by atoms with Crippen LogP contribution in [0.2, 0.25) is 0 Å². The van der Waals surface area contributed by atoms with Gasteiger partial charge in [0.15, 0.2) is 0 Å². The summed E-state index contributed by atoms with van der Waals surface area (Å²) in [5, 5.41) is 25.9. The molecule has 15 heavy (non-hydrogen) atoms. The highest BCUT2D eigenvalue weighted by molar-refractivity contribution is 7.85. The Hall–Kier alpha value is -0.990. The smallest absolute Gasteiger partial charge is 0.294 e. The highest BCUT2D eigenvalue weighted by atomic mass is 32.2. The predicted octanol–water partition coefficient (Wildman–Crippen LogP) is -0.893. The van der Waals surface area contributed by atoms with Crippen molar-refractivity contribution in [1.29, 1.82) is 0 Å². The molecule has 0 heterocycles. The molecule has 6 nitrogen and oxygen atoms in total. The van der Waals surface area contributed by atoms with Crippen LogP contribution in [-0.2, 0) is 16.5 Å². The van der Waals surface area contributed by atoms with Gasteiger partial charge >= 0.3 is 0 Å². The second kappa shape index (κ2) is 3.87. The molecule has 0 spiro atoms. The summed E-state index contributed by atoms with van der Waals surface area (Å²) in [4.78, 5) is -0.300. The minimum Gasteiger partial charge on any atom is -0.343 e. The maximum atomic E-state index is 10.6. The zero-order chi connectivity index (χ0) is 11.7. The van der Waals surface area contributed by atoms with E-state index in [4.69, 9.17) is 19.9 Å². The average Bonchev–Trinajstić information content (AvgIpc) is 2.00. The molecule has 1 aromatic carbocycles. The van der Waals surface area contributed by atoms with E-state index in [0.717, 1.165) is 12.1 Å². The van der Waals surface area contributed by atoms with Gasteiger partial charge in [-0.15, -0.1) is 0 Å². The molecule has 1 rings (SSSR count). The molecule has 84 valence electrons. The summed E-state index contributed by atoms with van der Waals surface area (Å²) in [5.41, 5.74) is 0.315. The number of rotatable bonds is 3. The normalized spacial score (nSPS) is 12.8. The first-order valence-electron chi connectivity index (χ1n) is 3.92. The maximum Gasteiger partial charge on any atom is 0.294 e. The highest BCUT2D eigenvalue weighted by Gasteiger charge is 2.19. The molecule has 0 aliphatic heterocycles. The lowest BCUT2D eigenvalue weighted by Gasteiger charge is -2.13. The van der Waals surface area contributed by atoms with Crippen molar-refractivity contribution in [3.8, 4) is 0 Å². The Balaban J connectivity index is 2.92. The Morgan fingerprint density at radius 2 is 1.53 bits per heavy atom. The predicted molar refractivity (Wildman–Crippen MR) is 49.3 cm³/mol. The number of hydrogen-bond donors (Lipinski definition) is 4. The van der Waals surface area contributed by atoms with Crippen molar-refractivity contribution < 1.29 is 28.3 Å². The quantitative estimate of drug-likeness (QED) is 0.398. The van der Waals surface area contributed by atoms with Gasteiger partial charge in [0.2, 0.25) is 0 Å². The Morgan fingerprint density at radius 3 is 1.87 bits per heavy atom. The fraction of sp³-hybridized carbons (Fsp3) is 0.250. The van der Waals surface area contributed by atoms with Crippen LogP contribution in [0.25, 0.3) is 0 Å². The van der Waals surface area contributed by atoms with Crippen LogP contribution in [0.5, 0.6) is 0 Å². The summed E-state index contributed by atoms with van der Waals surface area (Å²) in [6, 6.07) is 4.69. The van der Waals surface area contributed by atoms with Gasteiger partial charge in [0.05, 0.1) is 11.3 Å². The van der Waals surface area contributed by atoms with E-state index < -0.39 is 22.5 Å². The topological polar surface area (TPSA) is 115 Å². The van der Waals surface area contributed by atoms with Crippen LogP contribution in [0.1, 0.15) is 5.56 Å². The van der Waals surface area contributed by atoms with Crippen molar-refractivity contribution >= 4 is 10.1 Å². The molecule has 0 bridgehead atoms. The van der Waals surface area contributed by atoms with E-state index >= 15 is 0 Å². The van der Waals surface area contributed by atoms with E-state index in [1.165, 1.54) is 12.1 Å². The molecule has 0 atom stereocenters. The first-order chi connectivity index (χ1) is 6.68. The van der Waals surface area contributed by atoms with Gasteiger partial charge in [-0.2, -0.15) is 8.42 Å². The largest absolute Gasteiger partial charge is 0.343 e. The maximum absolute atomic E-state index is 10.6. The van der Waals surface area contributed by atoms with Gasteiger partial charge in [0.1, 0.15) is 0 Å². The van der Waals surface area contributed by atoms with Crippen LogP contribution in [0.15, 0.2) is 29.2 Å². The monoisotopic (exact) mass is 234 g/mol. The molecular weight excluding hydrogens is 224 g/mol. The molecule has 0 fully saturated rings. The van der Waals surface area contributed by atoms with Gasteiger partial charge in [-0.3, -0.25) is 4.55 Å². The van der Waals surface area contributed by atoms with Crippen LogP contribution in [0.4, 0.5) is 0 Å². The fourth-order valence-corrected chi connectivity index (χ4v) is 1.53. The van der Waals surface area contributed by atoms with Gasteiger partial charge in [-0.1, -0.05) is 12.1 Å². The SMILES string of the molecule is O=S(=O)(O)c1ccc(CC(O)(O)O)cc1. The molecule has 0 amide bonds. The Morgan fingerprint density at radius 1 is 1.07 bits per heavy atom. The second-order valence-electron chi connectivity index (χ2n) is 3.07. The molecule has 0 radical (unpaired) electrons. The third-order valence-electron chi connectivity index (χ3n) is 1.66. The molecule has 0 saturated heterocycles. The van der Waals surface area contributed by atoms with Gasteiger partial charge in [-0.05, 0) is 17.7 Å². The van der Waals surface area contributed by atoms with Crippen molar-refractivity contribution in [2.24, 2.45) is 0 Å². The zero-order valence-corrected chi connectivity index (χ0v) is 8.35. The van der Waals surface area contributed by atoms with E-state index in [1.807, 2.05) is 0 Å². The first kappa shape index (κ1) is 12.1. The van der Waals surface area contributed by atoms with Gasteiger partial charge in [0.25, 0.3) is 16.1 Å². The standard InChI is InChI=1S/C8H10O6S/c9-8(10,11)5-6-1-3-7(4-2-6)15(12,13)14/h1-4,9-11H,5H2,(H,12,13,14). The molecule has 0 aromatic heterocycles. The Labute approximate surface area is 86.2 Å². The molecule has 0 aliphatic carbocycles. The average molecular weight is 234 g/mol. The molecule has 7 heteroatoms. The lowest BCUT2D eigenvalue weighted by Crippen LogP contribution is -2.29. The van der Waals surface area contributed by atoms with Gasteiger partial charge in [0, 0.05) is 0 Å². The van der Waals surface area contributed by atoms with Crippen molar-refractivity contribution in [3.05, 3.63) is 29.8 Å². The molecular formula is C8H10O6S. The van der Waals surface area contributed by atoms with E-state index in [2.05, 4.69) is 0 Å². The van der Waals surface area contributed by atoms with Crippen LogP contribution in [-0.4, -0.2) is 34.3 Å². The van der Waals surface area contributed by atoms with Gasteiger partial charge < -0.3 is 15.3 Å². The van der Waals surface area contributed by atoms with E-state index in [0.29, 0.717) is 5.56 Å². The molecule has 0 saturated carbocycles.